The van der Waals surface area contributed by atoms with Gasteiger partial charge in [0.05, 0.1) is 0 Å². The summed E-state index contributed by atoms with van der Waals surface area (Å²) in [6, 6.07) is 21.9. The van der Waals surface area contributed by atoms with Gasteiger partial charge in [-0.05, 0) is 48.8 Å². The molecule has 0 bridgehead atoms. The summed E-state index contributed by atoms with van der Waals surface area (Å²) < 4.78 is 0. The number of hydrogen-bond donors (Lipinski definition) is 1. The second-order valence-corrected chi connectivity index (χ2v) is 11.0. The van der Waals surface area contributed by atoms with Crippen LogP contribution in [0.15, 0.2) is 72.8 Å². The summed E-state index contributed by atoms with van der Waals surface area (Å²) in [6.45, 7) is 1.41. The minimum atomic E-state index is -1.19. The Hall–Kier alpha value is -3.91. The van der Waals surface area contributed by atoms with Crippen molar-refractivity contribution in [2.45, 2.75) is 43.8 Å². The monoisotopic (exact) mass is 544 g/mol. The molecule has 1 aliphatic rings. The van der Waals surface area contributed by atoms with Crippen molar-refractivity contribution in [2.75, 3.05) is 41.3 Å². The van der Waals surface area contributed by atoms with E-state index in [1.165, 1.54) is 11.9 Å². The van der Waals surface area contributed by atoms with E-state index in [0.29, 0.717) is 13.0 Å². The number of hydrogen-bond acceptors (Lipinski definition) is 4. The molecular weight excluding hydrogens is 504 g/mol. The van der Waals surface area contributed by atoms with Crippen molar-refractivity contribution >= 4 is 28.7 Å². The minimum absolute atomic E-state index is 0.0827. The van der Waals surface area contributed by atoms with Gasteiger partial charge in [0, 0.05) is 46.1 Å². The SMILES string of the molecule is CN(C)C[C@@H]1CCCN1C(=O)[C@@H](Cc1ccccc1)N(C)C(=O)[C@@H](Cc1ccc2ccccc2c1)N(C)C(=O)O. The Labute approximate surface area is 236 Å². The molecule has 3 aromatic carbocycles. The molecule has 0 aliphatic carbocycles. The van der Waals surface area contributed by atoms with Gasteiger partial charge in [-0.1, -0.05) is 72.8 Å². The molecule has 0 unspecified atom stereocenters. The maximum absolute atomic E-state index is 14.1. The first kappa shape index (κ1) is 29.1. The third-order valence-corrected chi connectivity index (χ3v) is 7.91. The molecule has 0 aromatic heterocycles. The van der Waals surface area contributed by atoms with Crippen LogP contribution in [0.4, 0.5) is 4.79 Å². The molecule has 1 aliphatic heterocycles. The predicted molar refractivity (Wildman–Crippen MR) is 157 cm³/mol. The zero-order chi connectivity index (χ0) is 28.8. The van der Waals surface area contributed by atoms with Crippen molar-refractivity contribution < 1.29 is 19.5 Å². The summed E-state index contributed by atoms with van der Waals surface area (Å²) in [7, 11) is 7.05. The Kier molecular flexibility index (Phi) is 9.42. The Morgan fingerprint density at radius 3 is 2.15 bits per heavy atom. The van der Waals surface area contributed by atoms with E-state index in [1.54, 1.807) is 7.05 Å². The number of carbonyl (C=O) groups excluding carboxylic acids is 2. The number of likely N-dealkylation sites (N-methyl/N-ethyl adjacent to an activating group) is 3. The van der Waals surface area contributed by atoms with Crippen LogP contribution in [0, 0.1) is 0 Å². The largest absolute Gasteiger partial charge is 0.465 e. The van der Waals surface area contributed by atoms with Crippen molar-refractivity contribution in [1.29, 1.82) is 0 Å². The van der Waals surface area contributed by atoms with Gasteiger partial charge in [0.1, 0.15) is 12.1 Å². The standard InChI is InChI=1S/C32H40N4O4/c1-33(2)22-27-15-10-18-36(27)31(38)29(20-23-11-6-5-7-12-23)34(3)30(37)28(35(4)32(39)40)21-24-16-17-25-13-8-9-14-26(25)19-24/h5-9,11-14,16-17,19,27-29H,10,15,18,20-22H2,1-4H3,(H,39,40)/t27-,28+,29+/m0/s1. The zero-order valence-corrected chi connectivity index (χ0v) is 23.9. The lowest BCUT2D eigenvalue weighted by Gasteiger charge is -2.37. The highest BCUT2D eigenvalue weighted by Crippen LogP contribution is 2.24. The molecule has 4 rings (SSSR count). The number of likely N-dealkylation sites (tertiary alicyclic amines) is 1. The fourth-order valence-electron chi connectivity index (χ4n) is 5.66. The smallest absolute Gasteiger partial charge is 0.407 e. The quantitative estimate of drug-likeness (QED) is 0.417. The molecule has 1 N–H and O–H groups in total. The first-order chi connectivity index (χ1) is 19.2. The van der Waals surface area contributed by atoms with E-state index in [0.717, 1.165) is 46.2 Å². The highest BCUT2D eigenvalue weighted by Gasteiger charge is 2.39. The lowest BCUT2D eigenvalue weighted by molar-refractivity contribution is -0.147. The van der Waals surface area contributed by atoms with Crippen LogP contribution in [0.25, 0.3) is 10.8 Å². The first-order valence-electron chi connectivity index (χ1n) is 13.8. The van der Waals surface area contributed by atoms with Crippen LogP contribution in [-0.4, -0.2) is 102 Å². The van der Waals surface area contributed by atoms with Gasteiger partial charge in [-0.2, -0.15) is 0 Å². The van der Waals surface area contributed by atoms with Gasteiger partial charge in [0.2, 0.25) is 11.8 Å². The third-order valence-electron chi connectivity index (χ3n) is 7.91. The van der Waals surface area contributed by atoms with Crippen LogP contribution in [0.5, 0.6) is 0 Å². The molecule has 3 amide bonds. The van der Waals surface area contributed by atoms with Crippen LogP contribution < -0.4 is 0 Å². The molecule has 40 heavy (non-hydrogen) atoms. The Balaban J connectivity index is 1.64. The normalized spacial score (nSPS) is 16.6. The lowest BCUT2D eigenvalue weighted by atomic mass is 9.98. The maximum atomic E-state index is 14.1. The van der Waals surface area contributed by atoms with Crippen LogP contribution in [-0.2, 0) is 22.4 Å². The molecule has 0 saturated carbocycles. The molecule has 3 atom stereocenters. The number of carboxylic acid groups (broad SMARTS) is 1. The van der Waals surface area contributed by atoms with Gasteiger partial charge >= 0.3 is 6.09 Å². The van der Waals surface area contributed by atoms with Gasteiger partial charge in [-0.3, -0.25) is 14.5 Å². The molecule has 0 radical (unpaired) electrons. The Morgan fingerprint density at radius 1 is 0.825 bits per heavy atom. The van der Waals surface area contributed by atoms with Crippen molar-refractivity contribution in [3.63, 3.8) is 0 Å². The number of fused-ring (bicyclic) bond motifs is 1. The topological polar surface area (TPSA) is 84.4 Å². The maximum Gasteiger partial charge on any atom is 0.407 e. The molecule has 212 valence electrons. The first-order valence-corrected chi connectivity index (χ1v) is 13.8. The number of benzene rings is 3. The van der Waals surface area contributed by atoms with E-state index in [1.807, 2.05) is 91.8 Å². The lowest BCUT2D eigenvalue weighted by Crippen LogP contribution is -2.57. The number of amides is 3. The van der Waals surface area contributed by atoms with E-state index in [-0.39, 0.29) is 18.4 Å². The van der Waals surface area contributed by atoms with Crippen LogP contribution in [0.3, 0.4) is 0 Å². The summed E-state index contributed by atoms with van der Waals surface area (Å²) in [5.74, 6) is -0.484. The fourth-order valence-corrected chi connectivity index (χ4v) is 5.66. The van der Waals surface area contributed by atoms with E-state index in [9.17, 15) is 19.5 Å². The number of carbonyl (C=O) groups is 3. The highest BCUT2D eigenvalue weighted by atomic mass is 16.4. The highest BCUT2D eigenvalue weighted by molar-refractivity contribution is 5.92. The average Bonchev–Trinajstić information content (AvgIpc) is 3.41. The fraction of sp³-hybridized carbons (Fsp3) is 0.406. The second-order valence-electron chi connectivity index (χ2n) is 11.0. The summed E-state index contributed by atoms with van der Waals surface area (Å²) >= 11 is 0. The number of rotatable bonds is 10. The van der Waals surface area contributed by atoms with Crippen molar-refractivity contribution in [1.82, 2.24) is 19.6 Å². The Morgan fingerprint density at radius 2 is 1.48 bits per heavy atom. The predicted octanol–water partition coefficient (Wildman–Crippen LogP) is 3.98. The van der Waals surface area contributed by atoms with Gasteiger partial charge < -0.3 is 19.8 Å². The average molecular weight is 545 g/mol. The van der Waals surface area contributed by atoms with E-state index in [4.69, 9.17) is 0 Å². The molecule has 0 spiro atoms. The minimum Gasteiger partial charge on any atom is -0.465 e. The van der Waals surface area contributed by atoms with Crippen molar-refractivity contribution in [2.24, 2.45) is 0 Å². The summed E-state index contributed by atoms with van der Waals surface area (Å²) in [4.78, 5) is 46.8. The van der Waals surface area contributed by atoms with Crippen LogP contribution in [0.1, 0.15) is 24.0 Å². The molecule has 1 saturated heterocycles. The summed E-state index contributed by atoms with van der Waals surface area (Å²) in [5, 5.41) is 12.0. The molecule has 8 nitrogen and oxygen atoms in total. The number of nitrogens with zero attached hydrogens (tertiary/aromatic N) is 4. The van der Waals surface area contributed by atoms with E-state index < -0.39 is 24.1 Å². The van der Waals surface area contributed by atoms with Gasteiger partial charge in [0.25, 0.3) is 0 Å². The molecule has 8 heteroatoms. The third kappa shape index (κ3) is 6.80. The summed E-state index contributed by atoms with van der Waals surface area (Å²) in [5.41, 5.74) is 1.80. The van der Waals surface area contributed by atoms with Crippen molar-refractivity contribution in [3.05, 3.63) is 83.9 Å². The van der Waals surface area contributed by atoms with Gasteiger partial charge in [-0.15, -0.1) is 0 Å². The Bertz CT molecular complexity index is 1330. The van der Waals surface area contributed by atoms with Gasteiger partial charge in [-0.25, -0.2) is 4.79 Å². The molecule has 1 heterocycles. The summed E-state index contributed by atoms with van der Waals surface area (Å²) in [6.07, 6.45) is 1.21. The zero-order valence-electron chi connectivity index (χ0n) is 23.9. The molecule has 1 fully saturated rings. The van der Waals surface area contributed by atoms with Crippen molar-refractivity contribution in [3.8, 4) is 0 Å². The van der Waals surface area contributed by atoms with Crippen LogP contribution >= 0.6 is 0 Å². The van der Waals surface area contributed by atoms with Crippen LogP contribution in [0.2, 0.25) is 0 Å². The van der Waals surface area contributed by atoms with E-state index >= 15 is 0 Å². The van der Waals surface area contributed by atoms with Gasteiger partial charge in [0.15, 0.2) is 0 Å². The molecule has 3 aromatic rings. The second kappa shape index (κ2) is 13.0. The van der Waals surface area contributed by atoms with E-state index in [2.05, 4.69) is 4.90 Å². The molecular formula is C32H40N4O4.